The first-order chi connectivity index (χ1) is 5.22. The van der Waals surface area contributed by atoms with Crippen molar-refractivity contribution in [1.82, 2.24) is 10.2 Å². The van der Waals surface area contributed by atoms with Gasteiger partial charge in [0.25, 0.3) is 0 Å². The molecule has 0 atom stereocenters. The molecule has 0 saturated carbocycles. The minimum atomic E-state index is 0.0720. The smallest absolute Gasteiger partial charge is 0.236 e. The van der Waals surface area contributed by atoms with E-state index in [4.69, 9.17) is 6.42 Å². The summed E-state index contributed by atoms with van der Waals surface area (Å²) in [6, 6.07) is 0. The molecule has 0 aromatic heterocycles. The van der Waals surface area contributed by atoms with E-state index in [1.54, 1.807) is 11.9 Å². The molecule has 0 rings (SSSR count). The third-order valence-electron chi connectivity index (χ3n) is 1.40. The maximum absolute atomic E-state index is 11.0. The highest BCUT2D eigenvalue weighted by molar-refractivity contribution is 5.77. The Morgan fingerprint density at radius 1 is 1.73 bits per heavy atom. The van der Waals surface area contributed by atoms with E-state index in [0.29, 0.717) is 13.1 Å². The molecule has 0 radical (unpaired) electrons. The Kier molecular flexibility index (Phi) is 5.22. The fourth-order valence-electron chi connectivity index (χ4n) is 0.553. The molecule has 1 N–H and O–H groups in total. The number of terminal acetylenes is 1. The van der Waals surface area contributed by atoms with Gasteiger partial charge in [0.1, 0.15) is 0 Å². The van der Waals surface area contributed by atoms with Crippen LogP contribution in [0.3, 0.4) is 0 Å². The largest absolute Gasteiger partial charge is 0.345 e. The summed E-state index contributed by atoms with van der Waals surface area (Å²) in [4.78, 5) is 12.7. The van der Waals surface area contributed by atoms with Gasteiger partial charge in [-0.1, -0.05) is 5.92 Å². The van der Waals surface area contributed by atoms with E-state index < -0.39 is 0 Å². The van der Waals surface area contributed by atoms with Gasteiger partial charge in [0.2, 0.25) is 5.91 Å². The molecule has 0 bridgehead atoms. The predicted octanol–water partition coefficient (Wildman–Crippen LogP) is -0.312. The van der Waals surface area contributed by atoms with Crippen molar-refractivity contribution in [1.29, 1.82) is 0 Å². The Hall–Kier alpha value is -1.01. The topological polar surface area (TPSA) is 32.3 Å². The molecule has 0 heterocycles. The minimum Gasteiger partial charge on any atom is -0.345 e. The molecule has 0 saturated heterocycles. The van der Waals surface area contributed by atoms with E-state index in [1.165, 1.54) is 0 Å². The first-order valence-electron chi connectivity index (χ1n) is 3.60. The van der Waals surface area contributed by atoms with Crippen molar-refractivity contribution in [2.75, 3.05) is 26.7 Å². The monoisotopic (exact) mass is 154 g/mol. The second-order valence-electron chi connectivity index (χ2n) is 2.22. The van der Waals surface area contributed by atoms with Crippen LogP contribution in [0.15, 0.2) is 0 Å². The number of carbonyl (C=O) groups is 1. The summed E-state index contributed by atoms with van der Waals surface area (Å²) in [5.41, 5.74) is 0. The van der Waals surface area contributed by atoms with Crippen LogP contribution in [0.25, 0.3) is 0 Å². The number of likely N-dealkylation sites (N-methyl/N-ethyl adjacent to an activating group) is 1. The number of amides is 1. The van der Waals surface area contributed by atoms with E-state index in [2.05, 4.69) is 11.2 Å². The summed E-state index contributed by atoms with van der Waals surface area (Å²) in [5.74, 6) is 2.47. The van der Waals surface area contributed by atoms with Crippen molar-refractivity contribution in [2.24, 2.45) is 0 Å². The molecule has 0 aromatic carbocycles. The van der Waals surface area contributed by atoms with Gasteiger partial charge < -0.3 is 4.90 Å². The van der Waals surface area contributed by atoms with Crippen LogP contribution in [0.1, 0.15) is 6.92 Å². The quantitative estimate of drug-likeness (QED) is 0.445. The standard InChI is InChI=1S/C8H14N2O/c1-4-6-9-7-8(11)10(3)5-2/h1,9H,5-7H2,2-3H3. The van der Waals surface area contributed by atoms with Gasteiger partial charge in [-0.05, 0) is 6.92 Å². The normalized spacial score (nSPS) is 8.82. The fourth-order valence-corrected chi connectivity index (χ4v) is 0.553. The molecule has 62 valence electrons. The van der Waals surface area contributed by atoms with E-state index >= 15 is 0 Å². The SMILES string of the molecule is C#CCNCC(=O)N(C)CC. The molecule has 11 heavy (non-hydrogen) atoms. The molecule has 0 aromatic rings. The highest BCUT2D eigenvalue weighted by Crippen LogP contribution is 1.80. The Labute approximate surface area is 67.8 Å². The molecule has 1 amide bonds. The van der Waals surface area contributed by atoms with E-state index in [0.717, 1.165) is 6.54 Å². The molecule has 0 unspecified atom stereocenters. The Bertz CT molecular complexity index is 160. The van der Waals surface area contributed by atoms with Gasteiger partial charge in [-0.3, -0.25) is 10.1 Å². The number of nitrogens with zero attached hydrogens (tertiary/aromatic N) is 1. The summed E-state index contributed by atoms with van der Waals surface area (Å²) < 4.78 is 0. The third kappa shape index (κ3) is 4.40. The van der Waals surface area contributed by atoms with Crippen LogP contribution in [0.4, 0.5) is 0 Å². The number of hydrogen-bond acceptors (Lipinski definition) is 2. The van der Waals surface area contributed by atoms with Crippen LogP contribution in [0.2, 0.25) is 0 Å². The second-order valence-corrected chi connectivity index (χ2v) is 2.22. The zero-order valence-electron chi connectivity index (χ0n) is 7.05. The third-order valence-corrected chi connectivity index (χ3v) is 1.40. The van der Waals surface area contributed by atoms with E-state index in [9.17, 15) is 4.79 Å². The number of rotatable bonds is 4. The lowest BCUT2D eigenvalue weighted by Crippen LogP contribution is -2.35. The zero-order chi connectivity index (χ0) is 8.69. The first-order valence-corrected chi connectivity index (χ1v) is 3.60. The summed E-state index contributed by atoms with van der Waals surface area (Å²) in [6.07, 6.45) is 4.99. The molecule has 3 heteroatoms. The molecule has 0 aliphatic carbocycles. The Morgan fingerprint density at radius 3 is 2.82 bits per heavy atom. The van der Waals surface area contributed by atoms with Gasteiger partial charge >= 0.3 is 0 Å². The van der Waals surface area contributed by atoms with Gasteiger partial charge in [0.05, 0.1) is 13.1 Å². The van der Waals surface area contributed by atoms with Gasteiger partial charge in [-0.25, -0.2) is 0 Å². The molecular weight excluding hydrogens is 140 g/mol. The summed E-state index contributed by atoms with van der Waals surface area (Å²) >= 11 is 0. The van der Waals surface area contributed by atoms with Crippen molar-refractivity contribution in [3.05, 3.63) is 0 Å². The number of hydrogen-bond donors (Lipinski definition) is 1. The van der Waals surface area contributed by atoms with Crippen LogP contribution < -0.4 is 5.32 Å². The molecule has 3 nitrogen and oxygen atoms in total. The van der Waals surface area contributed by atoms with Crippen LogP contribution >= 0.6 is 0 Å². The van der Waals surface area contributed by atoms with E-state index in [-0.39, 0.29) is 5.91 Å². The van der Waals surface area contributed by atoms with Gasteiger partial charge in [-0.2, -0.15) is 0 Å². The molecule has 0 aliphatic rings. The maximum Gasteiger partial charge on any atom is 0.236 e. The first kappa shape index (κ1) is 9.99. The van der Waals surface area contributed by atoms with Crippen molar-refractivity contribution in [3.8, 4) is 12.3 Å². The Balaban J connectivity index is 3.46. The maximum atomic E-state index is 11.0. The lowest BCUT2D eigenvalue weighted by molar-refractivity contribution is -0.128. The highest BCUT2D eigenvalue weighted by Gasteiger charge is 2.03. The fraction of sp³-hybridized carbons (Fsp3) is 0.625. The lowest BCUT2D eigenvalue weighted by atomic mass is 10.5. The molecule has 0 fully saturated rings. The average molecular weight is 154 g/mol. The highest BCUT2D eigenvalue weighted by atomic mass is 16.2. The van der Waals surface area contributed by atoms with Gasteiger partial charge in [-0.15, -0.1) is 6.42 Å². The van der Waals surface area contributed by atoms with Gasteiger partial charge in [0.15, 0.2) is 0 Å². The van der Waals surface area contributed by atoms with Crippen LogP contribution in [0.5, 0.6) is 0 Å². The van der Waals surface area contributed by atoms with Crippen LogP contribution in [-0.2, 0) is 4.79 Å². The van der Waals surface area contributed by atoms with Crippen molar-refractivity contribution in [2.45, 2.75) is 6.92 Å². The molecule has 0 aliphatic heterocycles. The van der Waals surface area contributed by atoms with Crippen LogP contribution in [0, 0.1) is 12.3 Å². The average Bonchev–Trinajstić information content (AvgIpc) is 2.03. The number of nitrogens with one attached hydrogen (secondary N) is 1. The molecule has 0 spiro atoms. The summed E-state index contributed by atoms with van der Waals surface area (Å²) in [5, 5.41) is 2.82. The zero-order valence-corrected chi connectivity index (χ0v) is 7.05. The van der Waals surface area contributed by atoms with Crippen LogP contribution in [-0.4, -0.2) is 37.5 Å². The van der Waals surface area contributed by atoms with Crippen molar-refractivity contribution >= 4 is 5.91 Å². The Morgan fingerprint density at radius 2 is 2.36 bits per heavy atom. The van der Waals surface area contributed by atoms with Gasteiger partial charge in [0, 0.05) is 13.6 Å². The summed E-state index contributed by atoms with van der Waals surface area (Å²) in [6.45, 7) is 3.44. The minimum absolute atomic E-state index is 0.0720. The van der Waals surface area contributed by atoms with Crippen molar-refractivity contribution in [3.63, 3.8) is 0 Å². The second kappa shape index (κ2) is 5.75. The number of carbonyl (C=O) groups excluding carboxylic acids is 1. The van der Waals surface area contributed by atoms with E-state index in [1.807, 2.05) is 6.92 Å². The lowest BCUT2D eigenvalue weighted by Gasteiger charge is -2.13. The predicted molar refractivity (Wildman–Crippen MR) is 45.0 cm³/mol. The molecular formula is C8H14N2O. The van der Waals surface area contributed by atoms with Crippen molar-refractivity contribution < 1.29 is 4.79 Å². The summed E-state index contributed by atoms with van der Waals surface area (Å²) in [7, 11) is 1.76.